The van der Waals surface area contributed by atoms with Crippen molar-refractivity contribution in [2.45, 2.75) is 26.2 Å². The van der Waals surface area contributed by atoms with Gasteiger partial charge in [0.05, 0.1) is 9.26 Å². The van der Waals surface area contributed by atoms with Crippen LogP contribution in [0.15, 0.2) is 24.3 Å². The van der Waals surface area contributed by atoms with E-state index in [-0.39, 0.29) is 11.2 Å². The fraction of sp³-hybridized carbons (Fsp3) is 0.333. The number of benzene rings is 1. The molecular weight excluding hydrogens is 368 g/mol. The van der Waals surface area contributed by atoms with Gasteiger partial charge >= 0.3 is 0 Å². The van der Waals surface area contributed by atoms with Gasteiger partial charge in [-0.25, -0.2) is 14.4 Å². The second kappa shape index (κ2) is 5.63. The lowest BCUT2D eigenvalue weighted by molar-refractivity contribution is 0.564. The molecule has 2 rings (SSSR count). The molecule has 0 amide bonds. The SMILES string of the molecule is CNc1nc(-c2ccc(F)cc2)nc(C(C)(C)C)c1I. The second-order valence-corrected chi connectivity index (χ2v) is 6.64. The highest BCUT2D eigenvalue weighted by Crippen LogP contribution is 2.31. The number of hydrogen-bond donors (Lipinski definition) is 1. The molecule has 0 aliphatic heterocycles. The van der Waals surface area contributed by atoms with Crippen molar-refractivity contribution in [3.8, 4) is 11.4 Å². The molecule has 1 aromatic carbocycles. The standard InChI is InChI=1S/C15H17FIN3/c1-15(2,3)12-11(17)14(18-4)20-13(19-12)9-5-7-10(16)8-6-9/h5-8H,1-4H3,(H,18,19,20). The Morgan fingerprint density at radius 3 is 2.20 bits per heavy atom. The van der Waals surface area contributed by atoms with Crippen LogP contribution in [0.2, 0.25) is 0 Å². The monoisotopic (exact) mass is 385 g/mol. The van der Waals surface area contributed by atoms with Gasteiger partial charge in [0.15, 0.2) is 5.82 Å². The molecule has 106 valence electrons. The molecule has 1 aromatic heterocycles. The van der Waals surface area contributed by atoms with Crippen LogP contribution in [0.1, 0.15) is 26.5 Å². The summed E-state index contributed by atoms with van der Waals surface area (Å²) < 4.78 is 14.0. The van der Waals surface area contributed by atoms with Crippen molar-refractivity contribution in [3.05, 3.63) is 39.3 Å². The molecule has 2 aromatic rings. The van der Waals surface area contributed by atoms with Gasteiger partial charge in [0.25, 0.3) is 0 Å². The number of nitrogens with zero attached hydrogens (tertiary/aromatic N) is 2. The van der Waals surface area contributed by atoms with E-state index < -0.39 is 0 Å². The number of hydrogen-bond acceptors (Lipinski definition) is 3. The Morgan fingerprint density at radius 1 is 1.10 bits per heavy atom. The van der Waals surface area contributed by atoms with E-state index >= 15 is 0 Å². The smallest absolute Gasteiger partial charge is 0.161 e. The van der Waals surface area contributed by atoms with Crippen molar-refractivity contribution in [2.24, 2.45) is 0 Å². The normalized spacial score (nSPS) is 11.5. The second-order valence-electron chi connectivity index (χ2n) is 5.57. The van der Waals surface area contributed by atoms with E-state index in [9.17, 15) is 4.39 Å². The van der Waals surface area contributed by atoms with E-state index in [0.29, 0.717) is 5.82 Å². The van der Waals surface area contributed by atoms with Crippen molar-refractivity contribution >= 4 is 28.4 Å². The highest BCUT2D eigenvalue weighted by Gasteiger charge is 2.23. The zero-order valence-electron chi connectivity index (χ0n) is 12.0. The molecule has 0 aliphatic rings. The summed E-state index contributed by atoms with van der Waals surface area (Å²) in [4.78, 5) is 9.18. The van der Waals surface area contributed by atoms with Crippen LogP contribution in [0.25, 0.3) is 11.4 Å². The van der Waals surface area contributed by atoms with Crippen molar-refractivity contribution in [2.75, 3.05) is 12.4 Å². The van der Waals surface area contributed by atoms with Gasteiger partial charge in [0, 0.05) is 18.0 Å². The minimum atomic E-state index is -0.260. The Bertz CT molecular complexity index is 618. The fourth-order valence-corrected chi connectivity index (χ4v) is 3.16. The van der Waals surface area contributed by atoms with Crippen molar-refractivity contribution in [1.82, 2.24) is 9.97 Å². The summed E-state index contributed by atoms with van der Waals surface area (Å²) in [5, 5.41) is 3.10. The molecule has 0 radical (unpaired) electrons. The molecule has 0 unspecified atom stereocenters. The Morgan fingerprint density at radius 2 is 1.70 bits per heavy atom. The molecule has 0 spiro atoms. The minimum Gasteiger partial charge on any atom is -0.372 e. The van der Waals surface area contributed by atoms with E-state index in [1.807, 2.05) is 7.05 Å². The Balaban J connectivity index is 2.63. The van der Waals surface area contributed by atoms with Crippen molar-refractivity contribution in [1.29, 1.82) is 0 Å². The number of halogens is 2. The number of rotatable bonds is 2. The molecule has 0 bridgehead atoms. The highest BCUT2D eigenvalue weighted by molar-refractivity contribution is 14.1. The highest BCUT2D eigenvalue weighted by atomic mass is 127. The predicted molar refractivity (Wildman–Crippen MR) is 88.4 cm³/mol. The summed E-state index contributed by atoms with van der Waals surface area (Å²) in [5.74, 6) is 1.15. The zero-order chi connectivity index (χ0) is 14.9. The van der Waals surface area contributed by atoms with Gasteiger partial charge in [-0.1, -0.05) is 20.8 Å². The lowest BCUT2D eigenvalue weighted by Gasteiger charge is -2.21. The summed E-state index contributed by atoms with van der Waals surface area (Å²) in [5.41, 5.74) is 1.71. The van der Waals surface area contributed by atoms with Gasteiger partial charge < -0.3 is 5.32 Å². The van der Waals surface area contributed by atoms with Gasteiger partial charge in [-0.15, -0.1) is 0 Å². The van der Waals surface area contributed by atoms with Crippen molar-refractivity contribution in [3.63, 3.8) is 0 Å². The number of nitrogens with one attached hydrogen (secondary N) is 1. The molecule has 5 heteroatoms. The molecule has 0 saturated carbocycles. The Labute approximate surface area is 132 Å². The van der Waals surface area contributed by atoms with Gasteiger partial charge in [-0.2, -0.15) is 0 Å². The minimum absolute atomic E-state index is 0.0835. The summed E-state index contributed by atoms with van der Waals surface area (Å²) in [6, 6.07) is 6.24. The third-order valence-corrected chi connectivity index (χ3v) is 3.92. The van der Waals surface area contributed by atoms with E-state index in [4.69, 9.17) is 0 Å². The van der Waals surface area contributed by atoms with Gasteiger partial charge in [-0.3, -0.25) is 0 Å². The first-order valence-corrected chi connectivity index (χ1v) is 7.42. The molecular formula is C15H17FIN3. The topological polar surface area (TPSA) is 37.8 Å². The molecule has 0 saturated heterocycles. The first-order valence-electron chi connectivity index (χ1n) is 6.34. The number of anilines is 1. The summed E-state index contributed by atoms with van der Waals surface area (Å²) >= 11 is 2.26. The maximum atomic E-state index is 13.0. The van der Waals surface area contributed by atoms with E-state index in [2.05, 4.69) is 58.6 Å². The van der Waals surface area contributed by atoms with Crippen LogP contribution < -0.4 is 5.32 Å². The summed E-state index contributed by atoms with van der Waals surface area (Å²) in [6.45, 7) is 6.35. The molecule has 0 aliphatic carbocycles. The summed E-state index contributed by atoms with van der Waals surface area (Å²) in [6.07, 6.45) is 0. The van der Waals surface area contributed by atoms with Gasteiger partial charge in [0.2, 0.25) is 0 Å². The van der Waals surface area contributed by atoms with Crippen molar-refractivity contribution < 1.29 is 4.39 Å². The number of aromatic nitrogens is 2. The lowest BCUT2D eigenvalue weighted by Crippen LogP contribution is -2.18. The molecule has 0 fully saturated rings. The predicted octanol–water partition coefficient (Wildman–Crippen LogP) is 4.23. The van der Waals surface area contributed by atoms with Crippen LogP contribution in [0.5, 0.6) is 0 Å². The molecule has 1 N–H and O–H groups in total. The van der Waals surface area contributed by atoms with Crippen LogP contribution in [-0.4, -0.2) is 17.0 Å². The van der Waals surface area contributed by atoms with E-state index in [1.54, 1.807) is 12.1 Å². The quantitative estimate of drug-likeness (QED) is 0.787. The zero-order valence-corrected chi connectivity index (χ0v) is 14.1. The molecule has 0 atom stereocenters. The fourth-order valence-electron chi connectivity index (χ4n) is 1.84. The first kappa shape index (κ1) is 15.2. The average molecular weight is 385 g/mol. The van der Waals surface area contributed by atoms with Crippen LogP contribution >= 0.6 is 22.6 Å². The third-order valence-electron chi connectivity index (χ3n) is 2.90. The largest absolute Gasteiger partial charge is 0.372 e. The molecule has 1 heterocycles. The Kier molecular flexibility index (Phi) is 4.27. The maximum absolute atomic E-state index is 13.0. The first-order chi connectivity index (χ1) is 9.32. The van der Waals surface area contributed by atoms with Crippen LogP contribution in [0.3, 0.4) is 0 Å². The van der Waals surface area contributed by atoms with Crippen LogP contribution in [0.4, 0.5) is 10.2 Å². The summed E-state index contributed by atoms with van der Waals surface area (Å²) in [7, 11) is 1.84. The average Bonchev–Trinajstić information content (AvgIpc) is 2.38. The maximum Gasteiger partial charge on any atom is 0.161 e. The van der Waals surface area contributed by atoms with Crippen LogP contribution in [-0.2, 0) is 5.41 Å². The van der Waals surface area contributed by atoms with Crippen LogP contribution in [0, 0.1) is 9.39 Å². The van der Waals surface area contributed by atoms with E-state index in [1.165, 1.54) is 12.1 Å². The van der Waals surface area contributed by atoms with Gasteiger partial charge in [0.1, 0.15) is 11.6 Å². The molecule has 20 heavy (non-hydrogen) atoms. The third kappa shape index (κ3) is 3.08. The Hall–Kier alpha value is -1.24. The van der Waals surface area contributed by atoms with E-state index in [0.717, 1.165) is 20.6 Å². The lowest BCUT2D eigenvalue weighted by atomic mass is 9.91. The van der Waals surface area contributed by atoms with Gasteiger partial charge in [-0.05, 0) is 46.9 Å². The molecule has 3 nitrogen and oxygen atoms in total.